The average molecular weight is 430 g/mol. The molecule has 1 aromatic heterocycles. The molecule has 0 aliphatic rings. The molecule has 0 saturated heterocycles. The SMILES string of the molecule is COc1ccc(C(=O)Nc2c(C(=O)Nc3ccc(C)cc3)oc3ccccc23)cc1OC. The van der Waals surface area contributed by atoms with Crippen molar-refractivity contribution >= 4 is 34.2 Å². The van der Waals surface area contributed by atoms with Crippen molar-refractivity contribution < 1.29 is 23.5 Å². The van der Waals surface area contributed by atoms with E-state index in [0.29, 0.717) is 39.4 Å². The second-order valence-corrected chi connectivity index (χ2v) is 7.15. The Kier molecular flexibility index (Phi) is 5.81. The maximum absolute atomic E-state index is 13.0. The number of rotatable bonds is 6. The number of amides is 2. The summed E-state index contributed by atoms with van der Waals surface area (Å²) in [6.07, 6.45) is 0. The highest BCUT2D eigenvalue weighted by Crippen LogP contribution is 2.33. The number of carbonyl (C=O) groups is 2. The van der Waals surface area contributed by atoms with Gasteiger partial charge in [-0.3, -0.25) is 9.59 Å². The highest BCUT2D eigenvalue weighted by Gasteiger charge is 2.23. The zero-order valence-electron chi connectivity index (χ0n) is 17.9. The summed E-state index contributed by atoms with van der Waals surface area (Å²) in [5.74, 6) is 0.0701. The molecule has 0 spiro atoms. The van der Waals surface area contributed by atoms with Crippen molar-refractivity contribution in [2.45, 2.75) is 6.92 Å². The lowest BCUT2D eigenvalue weighted by Crippen LogP contribution is -2.17. The molecule has 2 N–H and O–H groups in total. The van der Waals surface area contributed by atoms with Crippen LogP contribution in [0.15, 0.2) is 71.1 Å². The Labute approximate surface area is 184 Å². The van der Waals surface area contributed by atoms with Crippen LogP contribution in [-0.4, -0.2) is 26.0 Å². The maximum atomic E-state index is 13.0. The number of ether oxygens (including phenoxy) is 2. The lowest BCUT2D eigenvalue weighted by Gasteiger charge is -2.10. The van der Waals surface area contributed by atoms with E-state index in [2.05, 4.69) is 10.6 Å². The molecule has 7 heteroatoms. The fourth-order valence-electron chi connectivity index (χ4n) is 3.32. The standard InChI is InChI=1S/C25H22N2O5/c1-15-8-11-17(12-9-15)26-25(29)23-22(18-6-4-5-7-19(18)32-23)27-24(28)16-10-13-20(30-2)21(14-16)31-3/h4-14H,1-3H3,(H,26,29)(H,27,28). The molecule has 2 amide bonds. The molecule has 4 aromatic rings. The third kappa shape index (κ3) is 4.13. The Morgan fingerprint density at radius 3 is 2.25 bits per heavy atom. The number of hydrogen-bond acceptors (Lipinski definition) is 5. The number of fused-ring (bicyclic) bond motifs is 1. The van der Waals surface area contributed by atoms with Crippen molar-refractivity contribution in [2.75, 3.05) is 24.9 Å². The van der Waals surface area contributed by atoms with Gasteiger partial charge in [-0.05, 0) is 49.4 Å². The zero-order chi connectivity index (χ0) is 22.7. The van der Waals surface area contributed by atoms with E-state index >= 15 is 0 Å². The smallest absolute Gasteiger partial charge is 0.293 e. The molecule has 0 fully saturated rings. The van der Waals surface area contributed by atoms with Gasteiger partial charge in [-0.15, -0.1) is 0 Å². The summed E-state index contributed by atoms with van der Waals surface area (Å²) in [5.41, 5.74) is 2.83. The summed E-state index contributed by atoms with van der Waals surface area (Å²) in [4.78, 5) is 26.0. The molecule has 0 atom stereocenters. The largest absolute Gasteiger partial charge is 0.493 e. The van der Waals surface area contributed by atoms with Gasteiger partial charge in [0, 0.05) is 16.6 Å². The van der Waals surface area contributed by atoms with Crippen LogP contribution in [0.5, 0.6) is 11.5 Å². The number of hydrogen-bond donors (Lipinski definition) is 2. The van der Waals surface area contributed by atoms with Gasteiger partial charge in [0.05, 0.1) is 14.2 Å². The molecule has 0 radical (unpaired) electrons. The van der Waals surface area contributed by atoms with E-state index in [9.17, 15) is 9.59 Å². The van der Waals surface area contributed by atoms with Gasteiger partial charge < -0.3 is 24.5 Å². The molecule has 7 nitrogen and oxygen atoms in total. The molecule has 0 aliphatic carbocycles. The summed E-state index contributed by atoms with van der Waals surface area (Å²) in [6.45, 7) is 1.96. The van der Waals surface area contributed by atoms with Crippen LogP contribution in [0.4, 0.5) is 11.4 Å². The molecule has 0 bridgehead atoms. The molecule has 4 rings (SSSR count). The van der Waals surface area contributed by atoms with Crippen molar-refractivity contribution in [3.63, 3.8) is 0 Å². The highest BCUT2D eigenvalue weighted by molar-refractivity contribution is 6.17. The van der Waals surface area contributed by atoms with Gasteiger partial charge in [0.1, 0.15) is 11.3 Å². The number of methoxy groups -OCH3 is 2. The number of benzene rings is 3. The summed E-state index contributed by atoms with van der Waals surface area (Å²) < 4.78 is 16.3. The summed E-state index contributed by atoms with van der Waals surface area (Å²) >= 11 is 0. The molecular weight excluding hydrogens is 408 g/mol. The molecule has 162 valence electrons. The number of nitrogens with one attached hydrogen (secondary N) is 2. The van der Waals surface area contributed by atoms with Gasteiger partial charge in [0.25, 0.3) is 11.8 Å². The van der Waals surface area contributed by atoms with Crippen molar-refractivity contribution in [1.82, 2.24) is 0 Å². The van der Waals surface area contributed by atoms with Gasteiger partial charge >= 0.3 is 0 Å². The topological polar surface area (TPSA) is 89.8 Å². The van der Waals surface area contributed by atoms with E-state index in [1.54, 1.807) is 48.5 Å². The minimum Gasteiger partial charge on any atom is -0.493 e. The zero-order valence-corrected chi connectivity index (χ0v) is 17.9. The molecule has 0 unspecified atom stereocenters. The van der Waals surface area contributed by atoms with E-state index in [1.165, 1.54) is 14.2 Å². The summed E-state index contributed by atoms with van der Waals surface area (Å²) in [6, 6.07) is 19.4. The Morgan fingerprint density at radius 2 is 1.53 bits per heavy atom. The first-order valence-corrected chi connectivity index (χ1v) is 9.93. The van der Waals surface area contributed by atoms with Crippen LogP contribution >= 0.6 is 0 Å². The average Bonchev–Trinajstić information content (AvgIpc) is 3.18. The number of aryl methyl sites for hydroxylation is 1. The number of carbonyl (C=O) groups excluding carboxylic acids is 2. The summed E-state index contributed by atoms with van der Waals surface area (Å²) in [7, 11) is 3.02. The van der Waals surface area contributed by atoms with Crippen LogP contribution in [0, 0.1) is 6.92 Å². The fraction of sp³-hybridized carbons (Fsp3) is 0.120. The van der Waals surface area contributed by atoms with Crippen molar-refractivity contribution in [3.05, 3.63) is 83.6 Å². The second-order valence-electron chi connectivity index (χ2n) is 7.15. The first-order chi connectivity index (χ1) is 15.5. The van der Waals surface area contributed by atoms with Crippen LogP contribution in [0.25, 0.3) is 11.0 Å². The van der Waals surface area contributed by atoms with Crippen LogP contribution in [0.1, 0.15) is 26.5 Å². The molecule has 1 heterocycles. The van der Waals surface area contributed by atoms with Crippen LogP contribution in [0.2, 0.25) is 0 Å². The van der Waals surface area contributed by atoms with Gasteiger partial charge in [0.15, 0.2) is 11.5 Å². The monoisotopic (exact) mass is 430 g/mol. The van der Waals surface area contributed by atoms with Gasteiger partial charge in [-0.2, -0.15) is 0 Å². The predicted molar refractivity (Wildman–Crippen MR) is 123 cm³/mol. The second kappa shape index (κ2) is 8.85. The van der Waals surface area contributed by atoms with Crippen molar-refractivity contribution in [1.29, 1.82) is 0 Å². The maximum Gasteiger partial charge on any atom is 0.293 e. The van der Waals surface area contributed by atoms with Crippen molar-refractivity contribution in [3.8, 4) is 11.5 Å². The third-order valence-corrected chi connectivity index (χ3v) is 5.00. The quantitative estimate of drug-likeness (QED) is 0.435. The lowest BCUT2D eigenvalue weighted by atomic mass is 10.1. The van der Waals surface area contributed by atoms with Gasteiger partial charge in [0.2, 0.25) is 5.76 Å². The number of furan rings is 1. The predicted octanol–water partition coefficient (Wildman–Crippen LogP) is 5.26. The van der Waals surface area contributed by atoms with E-state index in [1.807, 2.05) is 25.1 Å². The molecule has 0 saturated carbocycles. The molecule has 32 heavy (non-hydrogen) atoms. The third-order valence-electron chi connectivity index (χ3n) is 5.00. The lowest BCUT2D eigenvalue weighted by molar-refractivity contribution is 0.0999. The fourth-order valence-corrected chi connectivity index (χ4v) is 3.32. The minimum atomic E-state index is -0.465. The molecule has 3 aromatic carbocycles. The van der Waals surface area contributed by atoms with Crippen LogP contribution in [0.3, 0.4) is 0 Å². The van der Waals surface area contributed by atoms with E-state index in [-0.39, 0.29) is 5.76 Å². The normalized spacial score (nSPS) is 10.6. The summed E-state index contributed by atoms with van der Waals surface area (Å²) in [5, 5.41) is 6.26. The Hall–Kier alpha value is -4.26. The highest BCUT2D eigenvalue weighted by atomic mass is 16.5. The number of para-hydroxylation sites is 1. The van der Waals surface area contributed by atoms with E-state index < -0.39 is 11.8 Å². The Bertz CT molecular complexity index is 1290. The van der Waals surface area contributed by atoms with Gasteiger partial charge in [-0.25, -0.2) is 0 Å². The Balaban J connectivity index is 1.68. The van der Waals surface area contributed by atoms with Gasteiger partial charge in [-0.1, -0.05) is 29.8 Å². The van der Waals surface area contributed by atoms with E-state index in [0.717, 1.165) is 5.56 Å². The van der Waals surface area contributed by atoms with Crippen LogP contribution < -0.4 is 20.1 Å². The van der Waals surface area contributed by atoms with Crippen LogP contribution in [-0.2, 0) is 0 Å². The molecular formula is C25H22N2O5. The number of anilines is 2. The first kappa shape index (κ1) is 21.0. The van der Waals surface area contributed by atoms with Crippen molar-refractivity contribution in [2.24, 2.45) is 0 Å². The van der Waals surface area contributed by atoms with E-state index in [4.69, 9.17) is 13.9 Å². The minimum absolute atomic E-state index is 0.0144. The molecule has 0 aliphatic heterocycles. The Morgan fingerprint density at radius 1 is 0.812 bits per heavy atom. The first-order valence-electron chi connectivity index (χ1n) is 9.93.